The predicted octanol–water partition coefficient (Wildman–Crippen LogP) is 1.72. The molecule has 0 spiro atoms. The number of amides is 1. The molecule has 0 bridgehead atoms. The Morgan fingerprint density at radius 1 is 1.45 bits per heavy atom. The molecule has 0 N–H and O–H groups in total. The number of carbonyl (C=O) groups is 1. The SMILES string of the molecule is CC[N]C(=O)CC1CCCC1. The van der Waals surface area contributed by atoms with Crippen LogP contribution in [0.2, 0.25) is 0 Å². The van der Waals surface area contributed by atoms with E-state index in [1.54, 1.807) is 0 Å². The highest BCUT2D eigenvalue weighted by Gasteiger charge is 2.18. The van der Waals surface area contributed by atoms with E-state index in [0.717, 1.165) is 0 Å². The van der Waals surface area contributed by atoms with Gasteiger partial charge in [-0.2, -0.15) is 0 Å². The molecule has 1 radical (unpaired) electrons. The van der Waals surface area contributed by atoms with Crippen molar-refractivity contribution < 1.29 is 4.79 Å². The summed E-state index contributed by atoms with van der Waals surface area (Å²) in [6.45, 7) is 2.55. The second kappa shape index (κ2) is 4.37. The van der Waals surface area contributed by atoms with E-state index in [0.29, 0.717) is 18.9 Å². The third kappa shape index (κ3) is 2.91. The average molecular weight is 154 g/mol. The fraction of sp³-hybridized carbons (Fsp3) is 0.889. The highest BCUT2D eigenvalue weighted by atomic mass is 16.1. The smallest absolute Gasteiger partial charge is 0.241 e. The molecule has 0 atom stereocenters. The van der Waals surface area contributed by atoms with Crippen LogP contribution in [0.1, 0.15) is 39.0 Å². The topological polar surface area (TPSA) is 31.2 Å². The summed E-state index contributed by atoms with van der Waals surface area (Å²) in [6.07, 6.45) is 5.80. The van der Waals surface area contributed by atoms with Gasteiger partial charge in [0, 0.05) is 13.0 Å². The monoisotopic (exact) mass is 154 g/mol. The zero-order valence-electron chi connectivity index (χ0n) is 7.18. The van der Waals surface area contributed by atoms with Crippen LogP contribution in [0.4, 0.5) is 0 Å². The summed E-state index contributed by atoms with van der Waals surface area (Å²) in [5, 5.41) is 3.85. The maximum Gasteiger partial charge on any atom is 0.241 e. The van der Waals surface area contributed by atoms with Crippen molar-refractivity contribution in [2.24, 2.45) is 5.92 Å². The summed E-state index contributed by atoms with van der Waals surface area (Å²) in [4.78, 5) is 11.0. The maximum atomic E-state index is 11.0. The minimum absolute atomic E-state index is 0.111. The van der Waals surface area contributed by atoms with Gasteiger partial charge < -0.3 is 0 Å². The number of carbonyl (C=O) groups excluding carboxylic acids is 1. The number of hydrogen-bond donors (Lipinski definition) is 0. The molecule has 0 heterocycles. The molecule has 2 nitrogen and oxygen atoms in total. The number of rotatable bonds is 3. The molecular weight excluding hydrogens is 138 g/mol. The van der Waals surface area contributed by atoms with Gasteiger partial charge in [0.05, 0.1) is 0 Å². The lowest BCUT2D eigenvalue weighted by Crippen LogP contribution is -2.17. The van der Waals surface area contributed by atoms with Crippen molar-refractivity contribution in [2.45, 2.75) is 39.0 Å². The molecule has 63 valence electrons. The Morgan fingerprint density at radius 2 is 2.09 bits per heavy atom. The molecule has 0 aliphatic heterocycles. The lowest BCUT2D eigenvalue weighted by Gasteiger charge is -2.05. The molecule has 0 aromatic rings. The van der Waals surface area contributed by atoms with Gasteiger partial charge in [0.15, 0.2) is 0 Å². The quantitative estimate of drug-likeness (QED) is 0.609. The summed E-state index contributed by atoms with van der Waals surface area (Å²) in [5.41, 5.74) is 0. The summed E-state index contributed by atoms with van der Waals surface area (Å²) in [7, 11) is 0. The standard InChI is InChI=1S/C9H16NO/c1-2-10-9(11)7-8-5-3-4-6-8/h8H,2-7H2,1H3. The van der Waals surface area contributed by atoms with Crippen LogP contribution in [0.15, 0.2) is 0 Å². The van der Waals surface area contributed by atoms with Gasteiger partial charge >= 0.3 is 0 Å². The van der Waals surface area contributed by atoms with Crippen LogP contribution >= 0.6 is 0 Å². The van der Waals surface area contributed by atoms with Gasteiger partial charge in [-0.1, -0.05) is 12.8 Å². The van der Waals surface area contributed by atoms with Crippen LogP contribution in [0, 0.1) is 5.92 Å². The summed E-state index contributed by atoms with van der Waals surface area (Å²) in [6, 6.07) is 0. The molecule has 1 amide bonds. The van der Waals surface area contributed by atoms with Crippen molar-refractivity contribution >= 4 is 5.91 Å². The highest BCUT2D eigenvalue weighted by molar-refractivity contribution is 5.75. The van der Waals surface area contributed by atoms with Crippen LogP contribution in [0.25, 0.3) is 0 Å². The van der Waals surface area contributed by atoms with E-state index in [1.807, 2.05) is 6.92 Å². The first-order valence-electron chi connectivity index (χ1n) is 4.53. The average Bonchev–Trinajstić information content (AvgIpc) is 2.40. The fourth-order valence-corrected chi connectivity index (χ4v) is 1.70. The first kappa shape index (κ1) is 8.57. The van der Waals surface area contributed by atoms with E-state index >= 15 is 0 Å². The Kier molecular flexibility index (Phi) is 3.40. The Balaban J connectivity index is 2.13. The van der Waals surface area contributed by atoms with Crippen LogP contribution in [-0.2, 0) is 4.79 Å². The normalized spacial score (nSPS) is 18.6. The van der Waals surface area contributed by atoms with Crippen molar-refractivity contribution in [1.82, 2.24) is 5.32 Å². The first-order chi connectivity index (χ1) is 5.33. The molecule has 1 saturated carbocycles. The van der Waals surface area contributed by atoms with Gasteiger partial charge in [-0.25, -0.2) is 0 Å². The molecule has 1 aliphatic rings. The first-order valence-corrected chi connectivity index (χ1v) is 4.53. The van der Waals surface area contributed by atoms with Gasteiger partial charge in [0.1, 0.15) is 0 Å². The number of nitrogens with zero attached hydrogens (tertiary/aromatic N) is 1. The molecule has 1 rings (SSSR count). The van der Waals surface area contributed by atoms with Crippen LogP contribution in [-0.4, -0.2) is 12.5 Å². The second-order valence-electron chi connectivity index (χ2n) is 3.22. The molecule has 0 aromatic carbocycles. The Morgan fingerprint density at radius 3 is 2.64 bits per heavy atom. The molecule has 1 fully saturated rings. The molecule has 1 aliphatic carbocycles. The van der Waals surface area contributed by atoms with Crippen LogP contribution in [0.5, 0.6) is 0 Å². The van der Waals surface area contributed by atoms with E-state index in [9.17, 15) is 4.79 Å². The van der Waals surface area contributed by atoms with E-state index in [1.165, 1.54) is 25.7 Å². The Labute approximate surface area is 68.4 Å². The predicted molar refractivity (Wildman–Crippen MR) is 44.3 cm³/mol. The van der Waals surface area contributed by atoms with Crippen molar-refractivity contribution in [3.05, 3.63) is 0 Å². The van der Waals surface area contributed by atoms with E-state index < -0.39 is 0 Å². The molecule has 11 heavy (non-hydrogen) atoms. The molecule has 0 aromatic heterocycles. The summed E-state index contributed by atoms with van der Waals surface area (Å²) >= 11 is 0. The van der Waals surface area contributed by atoms with Crippen molar-refractivity contribution in [1.29, 1.82) is 0 Å². The van der Waals surface area contributed by atoms with Gasteiger partial charge in [-0.05, 0) is 25.7 Å². The summed E-state index contributed by atoms with van der Waals surface area (Å²) < 4.78 is 0. The van der Waals surface area contributed by atoms with Crippen molar-refractivity contribution in [3.8, 4) is 0 Å². The largest absolute Gasteiger partial charge is 0.273 e. The van der Waals surface area contributed by atoms with Gasteiger partial charge in [0.25, 0.3) is 0 Å². The minimum Gasteiger partial charge on any atom is -0.273 e. The second-order valence-corrected chi connectivity index (χ2v) is 3.22. The highest BCUT2D eigenvalue weighted by Crippen LogP contribution is 2.27. The fourth-order valence-electron chi connectivity index (χ4n) is 1.70. The third-order valence-corrected chi connectivity index (χ3v) is 2.27. The van der Waals surface area contributed by atoms with Crippen LogP contribution in [0.3, 0.4) is 0 Å². The van der Waals surface area contributed by atoms with Gasteiger partial charge in [0.2, 0.25) is 5.91 Å². The van der Waals surface area contributed by atoms with E-state index in [-0.39, 0.29) is 5.91 Å². The third-order valence-electron chi connectivity index (χ3n) is 2.27. The van der Waals surface area contributed by atoms with E-state index in [4.69, 9.17) is 0 Å². The maximum absolute atomic E-state index is 11.0. The molecule has 2 heteroatoms. The van der Waals surface area contributed by atoms with Crippen molar-refractivity contribution in [2.75, 3.05) is 6.54 Å². The number of hydrogen-bond acceptors (Lipinski definition) is 1. The molecule has 0 saturated heterocycles. The lowest BCUT2D eigenvalue weighted by atomic mass is 10.0. The van der Waals surface area contributed by atoms with Gasteiger partial charge in [-0.15, -0.1) is 0 Å². The zero-order valence-corrected chi connectivity index (χ0v) is 7.18. The molecule has 0 unspecified atom stereocenters. The zero-order chi connectivity index (χ0) is 8.10. The van der Waals surface area contributed by atoms with Crippen LogP contribution < -0.4 is 5.32 Å². The van der Waals surface area contributed by atoms with E-state index in [2.05, 4.69) is 5.32 Å². The Bertz CT molecular complexity index is 128. The Hall–Kier alpha value is -0.530. The lowest BCUT2D eigenvalue weighted by molar-refractivity contribution is -0.122. The van der Waals surface area contributed by atoms with Crippen molar-refractivity contribution in [3.63, 3.8) is 0 Å². The molecular formula is C9H16NO. The van der Waals surface area contributed by atoms with Gasteiger partial charge in [-0.3, -0.25) is 10.1 Å². The minimum atomic E-state index is 0.111. The summed E-state index contributed by atoms with van der Waals surface area (Å²) in [5.74, 6) is 0.761.